The lowest BCUT2D eigenvalue weighted by atomic mass is 10.1. The first kappa shape index (κ1) is 13.5. The maximum atomic E-state index is 13.3. The van der Waals surface area contributed by atoms with E-state index in [1.54, 1.807) is 20.0 Å². The Kier molecular flexibility index (Phi) is 4.74. The lowest BCUT2D eigenvalue weighted by Gasteiger charge is -2.14. The Morgan fingerprint density at radius 2 is 2.19 bits per heavy atom. The third kappa shape index (κ3) is 3.46. The molecule has 0 bridgehead atoms. The molecule has 0 aliphatic carbocycles. The van der Waals surface area contributed by atoms with E-state index in [0.717, 1.165) is 0 Å². The molecule has 0 spiro atoms. The van der Waals surface area contributed by atoms with E-state index in [0.29, 0.717) is 29.1 Å². The van der Waals surface area contributed by atoms with E-state index in [4.69, 9.17) is 11.6 Å². The average molecular weight is 309 g/mol. The average Bonchev–Trinajstić information content (AvgIpc) is 2.20. The first-order valence-corrected chi connectivity index (χ1v) is 5.94. The van der Waals surface area contributed by atoms with Crippen molar-refractivity contribution in [2.75, 3.05) is 13.6 Å². The van der Waals surface area contributed by atoms with Crippen LogP contribution >= 0.6 is 27.5 Å². The molecule has 0 fully saturated rings. The van der Waals surface area contributed by atoms with Crippen LogP contribution in [0.2, 0.25) is 5.02 Å². The van der Waals surface area contributed by atoms with Crippen molar-refractivity contribution in [3.8, 4) is 0 Å². The Hall–Kier alpha value is -0.610. The van der Waals surface area contributed by atoms with Crippen molar-refractivity contribution in [1.29, 1.82) is 0 Å². The number of amides is 1. The first-order chi connectivity index (χ1) is 7.41. The molecule has 16 heavy (non-hydrogen) atoms. The molecule has 0 radical (unpaired) electrons. The number of rotatable bonds is 3. The molecule has 0 atom stereocenters. The fourth-order valence-electron chi connectivity index (χ4n) is 1.26. The van der Waals surface area contributed by atoms with E-state index in [1.165, 1.54) is 11.0 Å². The minimum atomic E-state index is -0.271. The fraction of sp³-hybridized carbons (Fsp3) is 0.364. The van der Waals surface area contributed by atoms with Crippen molar-refractivity contribution in [3.05, 3.63) is 34.1 Å². The van der Waals surface area contributed by atoms with Gasteiger partial charge in [-0.15, -0.1) is 0 Å². The zero-order valence-electron chi connectivity index (χ0n) is 9.06. The van der Waals surface area contributed by atoms with Gasteiger partial charge in [0.25, 0.3) is 4.82 Å². The Morgan fingerprint density at radius 3 is 2.75 bits per heavy atom. The minimum absolute atomic E-state index is 0.198. The van der Waals surface area contributed by atoms with Crippen molar-refractivity contribution in [3.63, 3.8) is 0 Å². The second-order valence-electron chi connectivity index (χ2n) is 3.62. The summed E-state index contributed by atoms with van der Waals surface area (Å²) in [6.45, 7) is 2.16. The van der Waals surface area contributed by atoms with Crippen LogP contribution in [0.5, 0.6) is 0 Å². The number of halogens is 3. The van der Waals surface area contributed by atoms with Crippen LogP contribution in [0.25, 0.3) is 0 Å². The highest BCUT2D eigenvalue weighted by atomic mass is 79.9. The van der Waals surface area contributed by atoms with Gasteiger partial charge >= 0.3 is 0 Å². The van der Waals surface area contributed by atoms with Crippen LogP contribution in [0.15, 0.2) is 12.1 Å². The van der Waals surface area contributed by atoms with E-state index < -0.39 is 0 Å². The highest BCUT2D eigenvalue weighted by Gasteiger charge is 2.08. The number of benzene rings is 1. The van der Waals surface area contributed by atoms with Gasteiger partial charge < -0.3 is 4.90 Å². The molecule has 0 N–H and O–H groups in total. The summed E-state index contributed by atoms with van der Waals surface area (Å²) in [6.07, 6.45) is 0.532. The molecule has 1 aromatic rings. The van der Waals surface area contributed by atoms with Crippen molar-refractivity contribution in [1.82, 2.24) is 4.90 Å². The highest BCUT2D eigenvalue weighted by Crippen LogP contribution is 2.21. The van der Waals surface area contributed by atoms with E-state index in [-0.39, 0.29) is 10.6 Å². The molecule has 0 saturated heterocycles. The van der Waals surface area contributed by atoms with Gasteiger partial charge in [0.15, 0.2) is 0 Å². The lowest BCUT2D eigenvalue weighted by Crippen LogP contribution is -2.23. The standard InChI is InChI=1S/C11H12BrClFNO/c1-7-5-9(13)8(6-10(7)14)3-4-15(2)11(12)16/h5-6H,3-4H2,1-2H3. The lowest BCUT2D eigenvalue weighted by molar-refractivity contribution is 0.235. The van der Waals surface area contributed by atoms with Gasteiger partial charge in [0.2, 0.25) is 0 Å². The topological polar surface area (TPSA) is 20.3 Å². The molecule has 1 amide bonds. The van der Waals surface area contributed by atoms with Crippen LogP contribution in [-0.2, 0) is 6.42 Å². The van der Waals surface area contributed by atoms with E-state index in [1.807, 2.05) is 0 Å². The molecule has 0 saturated carbocycles. The summed E-state index contributed by atoms with van der Waals surface area (Å²) in [7, 11) is 1.66. The molecule has 88 valence electrons. The second-order valence-corrected chi connectivity index (χ2v) is 4.70. The predicted molar refractivity (Wildman–Crippen MR) is 66.8 cm³/mol. The zero-order chi connectivity index (χ0) is 12.3. The van der Waals surface area contributed by atoms with Crippen LogP contribution in [0.1, 0.15) is 11.1 Å². The summed E-state index contributed by atoms with van der Waals surface area (Å²) < 4.78 is 13.3. The normalized spacial score (nSPS) is 10.3. The second kappa shape index (κ2) is 5.64. The molecule has 0 aliphatic heterocycles. The van der Waals surface area contributed by atoms with Crippen molar-refractivity contribution in [2.24, 2.45) is 0 Å². The minimum Gasteiger partial charge on any atom is -0.336 e. The summed E-state index contributed by atoms with van der Waals surface area (Å²) in [5.74, 6) is -0.271. The number of hydrogen-bond acceptors (Lipinski definition) is 1. The molecule has 0 aliphatic rings. The summed E-state index contributed by atoms with van der Waals surface area (Å²) in [6, 6.07) is 3.02. The molecular weight excluding hydrogens is 296 g/mol. The van der Waals surface area contributed by atoms with Crippen LogP contribution in [0.4, 0.5) is 9.18 Å². The molecule has 2 nitrogen and oxygen atoms in total. The van der Waals surface area contributed by atoms with Gasteiger partial charge in [0.1, 0.15) is 5.82 Å². The van der Waals surface area contributed by atoms with Gasteiger partial charge in [-0.1, -0.05) is 11.6 Å². The largest absolute Gasteiger partial charge is 0.336 e. The van der Waals surface area contributed by atoms with E-state index in [9.17, 15) is 9.18 Å². The molecule has 1 rings (SSSR count). The van der Waals surface area contributed by atoms with Gasteiger partial charge in [0.05, 0.1) is 0 Å². The van der Waals surface area contributed by atoms with Crippen molar-refractivity contribution in [2.45, 2.75) is 13.3 Å². The van der Waals surface area contributed by atoms with Gasteiger partial charge in [-0.2, -0.15) is 0 Å². The molecular formula is C11H12BrClFNO. The number of nitrogens with zero attached hydrogens (tertiary/aromatic N) is 1. The molecule has 0 heterocycles. The fourth-order valence-corrected chi connectivity index (χ4v) is 1.75. The summed E-state index contributed by atoms with van der Waals surface area (Å²) in [5.41, 5.74) is 1.24. The Balaban J connectivity index is 2.74. The number of likely N-dealkylation sites (N-methyl/N-ethyl adjacent to an activating group) is 1. The van der Waals surface area contributed by atoms with Crippen LogP contribution in [0, 0.1) is 12.7 Å². The van der Waals surface area contributed by atoms with E-state index >= 15 is 0 Å². The third-order valence-corrected chi connectivity index (χ3v) is 3.30. The first-order valence-electron chi connectivity index (χ1n) is 4.77. The molecule has 0 aromatic heterocycles. The number of carbonyl (C=O) groups is 1. The Morgan fingerprint density at radius 1 is 1.56 bits per heavy atom. The summed E-state index contributed by atoms with van der Waals surface area (Å²) in [5, 5.41) is 0.536. The van der Waals surface area contributed by atoms with Crippen molar-refractivity contribution >= 4 is 32.3 Å². The molecule has 0 unspecified atom stereocenters. The smallest absolute Gasteiger partial charge is 0.289 e. The van der Waals surface area contributed by atoms with Gasteiger partial charge in [-0.3, -0.25) is 4.79 Å². The Labute approximate surface area is 108 Å². The van der Waals surface area contributed by atoms with Gasteiger partial charge in [0, 0.05) is 34.5 Å². The quantitative estimate of drug-likeness (QED) is 0.615. The van der Waals surface area contributed by atoms with Crippen LogP contribution in [0.3, 0.4) is 0 Å². The number of carbonyl (C=O) groups excluding carboxylic acids is 1. The molecule has 5 heteroatoms. The summed E-state index contributed by atoms with van der Waals surface area (Å²) >= 11 is 8.82. The van der Waals surface area contributed by atoms with Gasteiger partial charge in [-0.25, -0.2) is 4.39 Å². The third-order valence-electron chi connectivity index (χ3n) is 2.34. The monoisotopic (exact) mass is 307 g/mol. The van der Waals surface area contributed by atoms with E-state index in [2.05, 4.69) is 15.9 Å². The Bertz CT molecular complexity index is 411. The molecule has 1 aromatic carbocycles. The highest BCUT2D eigenvalue weighted by molar-refractivity contribution is 9.18. The zero-order valence-corrected chi connectivity index (χ0v) is 11.4. The SMILES string of the molecule is Cc1cc(Cl)c(CCN(C)C(=O)Br)cc1F. The maximum Gasteiger partial charge on any atom is 0.289 e. The summed E-state index contributed by atoms with van der Waals surface area (Å²) in [4.78, 5) is 12.2. The van der Waals surface area contributed by atoms with Crippen molar-refractivity contribution < 1.29 is 9.18 Å². The maximum absolute atomic E-state index is 13.3. The predicted octanol–water partition coefficient (Wildman–Crippen LogP) is 3.78. The van der Waals surface area contributed by atoms with Crippen LogP contribution < -0.4 is 0 Å². The number of hydrogen-bond donors (Lipinski definition) is 0. The van der Waals surface area contributed by atoms with Crippen LogP contribution in [-0.4, -0.2) is 23.3 Å². The number of aryl methyl sites for hydroxylation is 1. The van der Waals surface area contributed by atoms with Gasteiger partial charge in [-0.05, 0) is 36.6 Å².